The number of hydrogen-bond acceptors (Lipinski definition) is 1. The lowest BCUT2D eigenvalue weighted by Crippen LogP contribution is -2.07. The van der Waals surface area contributed by atoms with Crippen LogP contribution in [0.3, 0.4) is 0 Å². The average Bonchev–Trinajstić information content (AvgIpc) is 2.46. The molecule has 22 heavy (non-hydrogen) atoms. The van der Waals surface area contributed by atoms with E-state index in [0.717, 1.165) is 5.92 Å². The van der Waals surface area contributed by atoms with Crippen LogP contribution in [0.4, 0.5) is 0 Å². The van der Waals surface area contributed by atoms with Gasteiger partial charge in [-0.25, -0.2) is 0 Å². The first-order chi connectivity index (χ1) is 10.4. The van der Waals surface area contributed by atoms with Crippen molar-refractivity contribution in [1.82, 2.24) is 0 Å². The van der Waals surface area contributed by atoms with E-state index in [2.05, 4.69) is 52.8 Å². The predicted octanol–water partition coefficient (Wildman–Crippen LogP) is 6.68. The third-order valence-corrected chi connectivity index (χ3v) is 4.84. The van der Waals surface area contributed by atoms with Crippen LogP contribution in [-0.2, 0) is 0 Å². The quantitative estimate of drug-likeness (QED) is 0.504. The molecular formula is C21H34O. The second-order valence-electron chi connectivity index (χ2n) is 7.25. The van der Waals surface area contributed by atoms with Crippen molar-refractivity contribution in [1.29, 1.82) is 0 Å². The molecule has 1 heteroatoms. The number of rotatable bonds is 9. The molecule has 0 fully saturated rings. The predicted molar refractivity (Wildman–Crippen MR) is 97.4 cm³/mol. The summed E-state index contributed by atoms with van der Waals surface area (Å²) in [5.74, 6) is 2.43. The Bertz CT molecular complexity index is 439. The maximum absolute atomic E-state index is 9.38. The van der Waals surface area contributed by atoms with Gasteiger partial charge in [0, 0.05) is 0 Å². The summed E-state index contributed by atoms with van der Waals surface area (Å²) in [5.41, 5.74) is 2.77. The summed E-state index contributed by atoms with van der Waals surface area (Å²) in [6.45, 7) is 11.4. The highest BCUT2D eigenvalue weighted by molar-refractivity contribution is 5.28. The average molecular weight is 303 g/mol. The number of allylic oxidation sites excluding steroid dienone is 2. The molecule has 1 N–H and O–H groups in total. The Kier molecular flexibility index (Phi) is 8.30. The Balaban J connectivity index is 2.28. The Hall–Kier alpha value is -1.24. The fraction of sp³-hybridized carbons (Fsp3) is 0.619. The van der Waals surface area contributed by atoms with E-state index in [1.807, 2.05) is 0 Å². The molecule has 0 amide bonds. The molecule has 1 nitrogen and oxygen atoms in total. The number of benzene rings is 1. The second-order valence-corrected chi connectivity index (χ2v) is 7.25. The monoisotopic (exact) mass is 302 g/mol. The van der Waals surface area contributed by atoms with Crippen LogP contribution in [0, 0.1) is 11.8 Å². The summed E-state index contributed by atoms with van der Waals surface area (Å²) in [4.78, 5) is 0. The van der Waals surface area contributed by atoms with Gasteiger partial charge < -0.3 is 5.11 Å². The van der Waals surface area contributed by atoms with E-state index in [0.29, 0.717) is 17.6 Å². The van der Waals surface area contributed by atoms with Gasteiger partial charge >= 0.3 is 0 Å². The van der Waals surface area contributed by atoms with Crippen LogP contribution in [0.15, 0.2) is 35.9 Å². The maximum atomic E-state index is 9.38. The molecule has 0 heterocycles. The number of phenolic OH excluding ortho intramolecular Hbond substituents is 1. The first-order valence-electron chi connectivity index (χ1n) is 8.82. The molecule has 3 atom stereocenters. The molecule has 1 rings (SSSR count). The molecule has 0 aliphatic rings. The van der Waals surface area contributed by atoms with Crippen molar-refractivity contribution in [2.24, 2.45) is 11.8 Å². The van der Waals surface area contributed by atoms with E-state index in [1.54, 1.807) is 12.1 Å². The van der Waals surface area contributed by atoms with E-state index >= 15 is 0 Å². The fourth-order valence-corrected chi connectivity index (χ4v) is 2.95. The van der Waals surface area contributed by atoms with Gasteiger partial charge in [-0.1, -0.05) is 63.8 Å². The Morgan fingerprint density at radius 2 is 1.64 bits per heavy atom. The van der Waals surface area contributed by atoms with Crippen LogP contribution in [0.1, 0.15) is 78.2 Å². The molecule has 0 saturated carbocycles. The minimum Gasteiger partial charge on any atom is -0.508 e. The van der Waals surface area contributed by atoms with Crippen molar-refractivity contribution in [2.75, 3.05) is 0 Å². The Morgan fingerprint density at radius 3 is 2.23 bits per heavy atom. The van der Waals surface area contributed by atoms with Crippen LogP contribution in [0.25, 0.3) is 0 Å². The highest BCUT2D eigenvalue weighted by Crippen LogP contribution is 2.29. The van der Waals surface area contributed by atoms with Crippen molar-refractivity contribution in [2.45, 2.75) is 72.6 Å². The minimum atomic E-state index is 0.355. The molecule has 0 spiro atoms. The lowest BCUT2D eigenvalue weighted by Gasteiger charge is -2.21. The minimum absolute atomic E-state index is 0.355. The summed E-state index contributed by atoms with van der Waals surface area (Å²) in [6, 6.07) is 7.70. The summed E-state index contributed by atoms with van der Waals surface area (Å²) >= 11 is 0. The molecular weight excluding hydrogens is 268 g/mol. The van der Waals surface area contributed by atoms with Crippen molar-refractivity contribution < 1.29 is 5.11 Å². The highest BCUT2D eigenvalue weighted by atomic mass is 16.3. The Morgan fingerprint density at radius 1 is 1.00 bits per heavy atom. The fourth-order valence-electron chi connectivity index (χ4n) is 2.95. The first kappa shape index (κ1) is 18.8. The summed E-state index contributed by atoms with van der Waals surface area (Å²) in [7, 11) is 0. The van der Waals surface area contributed by atoms with Gasteiger partial charge in [0.15, 0.2) is 0 Å². The van der Waals surface area contributed by atoms with Crippen molar-refractivity contribution in [3.05, 3.63) is 41.5 Å². The lowest BCUT2D eigenvalue weighted by atomic mass is 9.84. The largest absolute Gasteiger partial charge is 0.508 e. The second kappa shape index (κ2) is 9.71. The SMILES string of the molecule is CC(C)=CCCC(C)CCCC(C)C(C)c1ccc(O)cc1. The smallest absolute Gasteiger partial charge is 0.115 e. The zero-order valence-electron chi connectivity index (χ0n) is 15.1. The van der Waals surface area contributed by atoms with E-state index < -0.39 is 0 Å². The molecule has 1 aromatic carbocycles. The molecule has 1 aromatic rings. The molecule has 0 saturated heterocycles. The van der Waals surface area contributed by atoms with Crippen LogP contribution in [0.2, 0.25) is 0 Å². The van der Waals surface area contributed by atoms with E-state index in [-0.39, 0.29) is 0 Å². The number of aromatic hydroxyl groups is 1. The normalized spacial score (nSPS) is 15.1. The van der Waals surface area contributed by atoms with Gasteiger partial charge in [-0.15, -0.1) is 0 Å². The van der Waals surface area contributed by atoms with Crippen molar-refractivity contribution >= 4 is 0 Å². The zero-order chi connectivity index (χ0) is 16.5. The molecule has 0 radical (unpaired) electrons. The van der Waals surface area contributed by atoms with Crippen LogP contribution < -0.4 is 0 Å². The van der Waals surface area contributed by atoms with Gasteiger partial charge in [0.2, 0.25) is 0 Å². The number of hydrogen-bond donors (Lipinski definition) is 1. The molecule has 0 aromatic heterocycles. The van der Waals surface area contributed by atoms with Gasteiger partial charge in [-0.05, 0) is 62.1 Å². The van der Waals surface area contributed by atoms with Crippen LogP contribution >= 0.6 is 0 Å². The van der Waals surface area contributed by atoms with Gasteiger partial charge in [0.05, 0.1) is 0 Å². The summed E-state index contributed by atoms with van der Waals surface area (Å²) in [6.07, 6.45) is 8.83. The Labute approximate surface area is 137 Å². The molecule has 124 valence electrons. The van der Waals surface area contributed by atoms with Crippen molar-refractivity contribution in [3.8, 4) is 5.75 Å². The molecule has 0 aliphatic heterocycles. The van der Waals surface area contributed by atoms with E-state index in [4.69, 9.17) is 0 Å². The zero-order valence-corrected chi connectivity index (χ0v) is 15.1. The van der Waals surface area contributed by atoms with E-state index in [9.17, 15) is 5.11 Å². The molecule has 3 unspecified atom stereocenters. The van der Waals surface area contributed by atoms with Gasteiger partial charge in [0.1, 0.15) is 5.75 Å². The summed E-state index contributed by atoms with van der Waals surface area (Å²) in [5, 5.41) is 9.38. The maximum Gasteiger partial charge on any atom is 0.115 e. The van der Waals surface area contributed by atoms with Crippen LogP contribution in [-0.4, -0.2) is 5.11 Å². The first-order valence-corrected chi connectivity index (χ1v) is 8.82. The topological polar surface area (TPSA) is 20.2 Å². The lowest BCUT2D eigenvalue weighted by molar-refractivity contribution is 0.394. The van der Waals surface area contributed by atoms with Gasteiger partial charge in [-0.2, -0.15) is 0 Å². The third-order valence-electron chi connectivity index (χ3n) is 4.84. The standard InChI is InChI=1S/C21H34O/c1-16(2)8-6-9-17(3)10-7-11-18(4)19(5)20-12-14-21(22)15-13-20/h8,12-15,17-19,22H,6-7,9-11H2,1-5H3. The van der Waals surface area contributed by atoms with Crippen molar-refractivity contribution in [3.63, 3.8) is 0 Å². The van der Waals surface area contributed by atoms with Crippen LogP contribution in [0.5, 0.6) is 5.75 Å². The van der Waals surface area contributed by atoms with Gasteiger partial charge in [-0.3, -0.25) is 0 Å². The van der Waals surface area contributed by atoms with E-state index in [1.165, 1.54) is 43.2 Å². The number of phenols is 1. The summed E-state index contributed by atoms with van der Waals surface area (Å²) < 4.78 is 0. The third kappa shape index (κ3) is 7.15. The van der Waals surface area contributed by atoms with Gasteiger partial charge in [0.25, 0.3) is 0 Å². The highest BCUT2D eigenvalue weighted by Gasteiger charge is 2.14. The molecule has 0 aliphatic carbocycles. The molecule has 0 bridgehead atoms.